The standard InChI is InChI=1S/C38H42F2N2O3S/c1-5-6-12-29-13-8-10-15-36(29)42(25-28-20-30(39)23-31(40)21-28)24-27-16-17-33(34(22-27)32-14-9-7-11-26(32)2)37(43)41-35(18-19-46-4)38(44)45-3/h7-11,13-17,20-23,35H,5-6,12,18-19,24-25H2,1-4H3,(H,41,43)/t35-/m0/s1. The van der Waals surface area contributed by atoms with Crippen LogP contribution in [0, 0.1) is 18.6 Å². The summed E-state index contributed by atoms with van der Waals surface area (Å²) in [5.41, 5.74) is 6.68. The zero-order valence-corrected chi connectivity index (χ0v) is 27.8. The maximum atomic E-state index is 14.3. The first-order valence-corrected chi connectivity index (χ1v) is 17.0. The van der Waals surface area contributed by atoms with E-state index in [0.29, 0.717) is 29.8 Å². The molecule has 0 aliphatic carbocycles. The number of esters is 1. The summed E-state index contributed by atoms with van der Waals surface area (Å²) in [6, 6.07) is 24.5. The van der Waals surface area contributed by atoms with Crippen molar-refractivity contribution in [2.45, 2.75) is 58.7 Å². The second-order valence-corrected chi connectivity index (χ2v) is 12.4. The van der Waals surface area contributed by atoms with Crippen LogP contribution in [-0.4, -0.2) is 37.0 Å². The molecular formula is C38H42F2N2O3S. The predicted molar refractivity (Wildman–Crippen MR) is 184 cm³/mol. The van der Waals surface area contributed by atoms with E-state index in [4.69, 9.17) is 4.74 Å². The van der Waals surface area contributed by atoms with E-state index in [9.17, 15) is 18.4 Å². The van der Waals surface area contributed by atoms with Crippen LogP contribution < -0.4 is 10.2 Å². The molecule has 0 bridgehead atoms. The Morgan fingerprint density at radius 3 is 2.28 bits per heavy atom. The Bertz CT molecular complexity index is 1620. The Balaban J connectivity index is 1.77. The molecule has 8 heteroatoms. The first-order chi connectivity index (χ1) is 22.2. The Morgan fingerprint density at radius 1 is 0.891 bits per heavy atom. The average molecular weight is 645 g/mol. The summed E-state index contributed by atoms with van der Waals surface area (Å²) in [7, 11) is 1.32. The molecule has 242 valence electrons. The molecule has 5 nitrogen and oxygen atoms in total. The number of thioether (sulfide) groups is 1. The van der Waals surface area contributed by atoms with E-state index >= 15 is 0 Å². The normalized spacial score (nSPS) is 11.6. The van der Waals surface area contributed by atoms with Gasteiger partial charge in [0.25, 0.3) is 5.91 Å². The molecule has 0 saturated heterocycles. The molecule has 0 saturated carbocycles. The van der Waals surface area contributed by atoms with E-state index in [-0.39, 0.29) is 12.5 Å². The Morgan fingerprint density at radius 2 is 1.59 bits per heavy atom. The second kappa shape index (κ2) is 16.9. The minimum absolute atomic E-state index is 0.288. The fourth-order valence-electron chi connectivity index (χ4n) is 5.62. The summed E-state index contributed by atoms with van der Waals surface area (Å²) in [4.78, 5) is 28.4. The van der Waals surface area contributed by atoms with Gasteiger partial charge in [-0.25, -0.2) is 13.6 Å². The first kappa shape index (κ1) is 34.7. The van der Waals surface area contributed by atoms with Crippen molar-refractivity contribution < 1.29 is 23.1 Å². The molecule has 0 unspecified atom stereocenters. The van der Waals surface area contributed by atoms with E-state index in [1.165, 1.54) is 19.2 Å². The van der Waals surface area contributed by atoms with Crippen molar-refractivity contribution in [1.82, 2.24) is 5.32 Å². The van der Waals surface area contributed by atoms with Crippen molar-refractivity contribution >= 4 is 29.3 Å². The third-order valence-corrected chi connectivity index (χ3v) is 8.61. The number of rotatable bonds is 15. The van der Waals surface area contributed by atoms with Crippen LogP contribution in [0.5, 0.6) is 0 Å². The van der Waals surface area contributed by atoms with E-state index in [0.717, 1.165) is 58.8 Å². The number of para-hydroxylation sites is 1. The summed E-state index contributed by atoms with van der Waals surface area (Å²) in [6.45, 7) is 4.86. The van der Waals surface area contributed by atoms with Gasteiger partial charge in [0.05, 0.1) is 7.11 Å². The molecule has 0 radical (unpaired) electrons. The highest BCUT2D eigenvalue weighted by molar-refractivity contribution is 7.98. The van der Waals surface area contributed by atoms with Gasteiger partial charge in [-0.05, 0) is 102 Å². The fourth-order valence-corrected chi connectivity index (χ4v) is 6.09. The lowest BCUT2D eigenvalue weighted by Crippen LogP contribution is -2.42. The number of benzene rings is 4. The number of hydrogen-bond acceptors (Lipinski definition) is 5. The van der Waals surface area contributed by atoms with Crippen LogP contribution in [0.15, 0.2) is 84.9 Å². The first-order valence-electron chi connectivity index (χ1n) is 15.6. The number of halogens is 2. The molecule has 4 aromatic rings. The van der Waals surface area contributed by atoms with Crippen molar-refractivity contribution in [3.05, 3.63) is 124 Å². The number of hydrogen-bond donors (Lipinski definition) is 1. The number of nitrogens with zero attached hydrogens (tertiary/aromatic N) is 1. The number of aryl methyl sites for hydroxylation is 2. The molecular weight excluding hydrogens is 602 g/mol. The molecule has 1 N–H and O–H groups in total. The van der Waals surface area contributed by atoms with Crippen LogP contribution in [0.4, 0.5) is 14.5 Å². The van der Waals surface area contributed by atoms with Crippen molar-refractivity contribution in [3.8, 4) is 11.1 Å². The number of unbranched alkanes of at least 4 members (excludes halogenated alkanes) is 1. The minimum Gasteiger partial charge on any atom is -0.467 e. The lowest BCUT2D eigenvalue weighted by atomic mass is 9.93. The Labute approximate surface area is 275 Å². The molecule has 4 rings (SSSR count). The van der Waals surface area contributed by atoms with Crippen LogP contribution in [0.2, 0.25) is 0 Å². The molecule has 0 aliphatic heterocycles. The van der Waals surface area contributed by atoms with Gasteiger partial charge in [-0.3, -0.25) is 4.79 Å². The van der Waals surface area contributed by atoms with Crippen molar-refractivity contribution in [3.63, 3.8) is 0 Å². The number of carbonyl (C=O) groups excluding carboxylic acids is 2. The quantitative estimate of drug-likeness (QED) is 0.132. The highest BCUT2D eigenvalue weighted by Crippen LogP contribution is 2.31. The van der Waals surface area contributed by atoms with Crippen LogP contribution in [-0.2, 0) is 29.0 Å². The smallest absolute Gasteiger partial charge is 0.328 e. The van der Waals surface area contributed by atoms with Gasteiger partial charge in [0.15, 0.2) is 0 Å². The van der Waals surface area contributed by atoms with Crippen LogP contribution in [0.25, 0.3) is 11.1 Å². The molecule has 0 aromatic heterocycles. The van der Waals surface area contributed by atoms with Gasteiger partial charge < -0.3 is 15.0 Å². The minimum atomic E-state index is -0.767. The Hall–Kier alpha value is -4.17. The summed E-state index contributed by atoms with van der Waals surface area (Å²) < 4.78 is 33.5. The van der Waals surface area contributed by atoms with Crippen molar-refractivity contribution in [2.75, 3.05) is 24.0 Å². The van der Waals surface area contributed by atoms with Gasteiger partial charge in [0, 0.05) is 30.4 Å². The monoisotopic (exact) mass is 644 g/mol. The predicted octanol–water partition coefficient (Wildman–Crippen LogP) is 8.51. The molecule has 1 atom stereocenters. The summed E-state index contributed by atoms with van der Waals surface area (Å²) in [6.07, 6.45) is 5.34. The van der Waals surface area contributed by atoms with Gasteiger partial charge in [0.2, 0.25) is 0 Å². The Kier molecular flexibility index (Phi) is 12.8. The SMILES string of the molecule is CCCCc1ccccc1N(Cc1cc(F)cc(F)c1)Cc1ccc(C(=O)N[C@@H](CCSC)C(=O)OC)c(-c2ccccc2C)c1. The second-order valence-electron chi connectivity index (χ2n) is 11.4. The molecule has 0 heterocycles. The highest BCUT2D eigenvalue weighted by Gasteiger charge is 2.24. The molecule has 4 aromatic carbocycles. The topological polar surface area (TPSA) is 58.6 Å². The maximum Gasteiger partial charge on any atom is 0.328 e. The van der Waals surface area contributed by atoms with Crippen LogP contribution >= 0.6 is 11.8 Å². The average Bonchev–Trinajstić information content (AvgIpc) is 3.04. The van der Waals surface area contributed by atoms with E-state index < -0.39 is 23.6 Å². The number of carbonyl (C=O) groups is 2. The van der Waals surface area contributed by atoms with Gasteiger partial charge in [0.1, 0.15) is 17.7 Å². The van der Waals surface area contributed by atoms with E-state index in [1.807, 2.05) is 67.8 Å². The number of anilines is 1. The van der Waals surface area contributed by atoms with Crippen LogP contribution in [0.3, 0.4) is 0 Å². The molecule has 0 aliphatic rings. The van der Waals surface area contributed by atoms with E-state index in [1.54, 1.807) is 17.8 Å². The molecule has 0 spiro atoms. The van der Waals surface area contributed by atoms with Crippen LogP contribution in [0.1, 0.15) is 58.8 Å². The van der Waals surface area contributed by atoms with Crippen molar-refractivity contribution in [2.24, 2.45) is 0 Å². The summed E-state index contributed by atoms with van der Waals surface area (Å²) in [5.74, 6) is -1.39. The number of amides is 1. The highest BCUT2D eigenvalue weighted by atomic mass is 32.2. The number of nitrogens with one attached hydrogen (secondary N) is 1. The third kappa shape index (κ3) is 9.19. The van der Waals surface area contributed by atoms with Crippen molar-refractivity contribution in [1.29, 1.82) is 0 Å². The van der Waals surface area contributed by atoms with Gasteiger partial charge in [-0.2, -0.15) is 11.8 Å². The zero-order valence-electron chi connectivity index (χ0n) is 26.9. The zero-order chi connectivity index (χ0) is 33.1. The number of methoxy groups -OCH3 is 1. The maximum absolute atomic E-state index is 14.3. The van der Waals surface area contributed by atoms with E-state index in [2.05, 4.69) is 23.2 Å². The number of ether oxygens (including phenoxy) is 1. The largest absolute Gasteiger partial charge is 0.467 e. The van der Waals surface area contributed by atoms with Gasteiger partial charge in [-0.15, -0.1) is 0 Å². The molecule has 1 amide bonds. The molecule has 0 fully saturated rings. The van der Waals surface area contributed by atoms with Gasteiger partial charge in [-0.1, -0.05) is 61.9 Å². The lowest BCUT2D eigenvalue weighted by molar-refractivity contribution is -0.142. The van der Waals surface area contributed by atoms with Gasteiger partial charge >= 0.3 is 5.97 Å². The lowest BCUT2D eigenvalue weighted by Gasteiger charge is -2.28. The summed E-state index contributed by atoms with van der Waals surface area (Å²) in [5, 5.41) is 2.90. The molecule has 46 heavy (non-hydrogen) atoms. The fraction of sp³-hybridized carbons (Fsp3) is 0.316. The third-order valence-electron chi connectivity index (χ3n) is 7.97. The summed E-state index contributed by atoms with van der Waals surface area (Å²) >= 11 is 1.59.